The van der Waals surface area contributed by atoms with Crippen molar-refractivity contribution in [3.05, 3.63) is 29.8 Å². The van der Waals surface area contributed by atoms with E-state index in [4.69, 9.17) is 0 Å². The minimum absolute atomic E-state index is 0.0798. The molecule has 2 rings (SSSR count). The largest absolute Gasteiger partial charge is 0.340 e. The summed E-state index contributed by atoms with van der Waals surface area (Å²) in [5.74, 6) is -0.201. The normalized spacial score (nSPS) is 22.3. The van der Waals surface area contributed by atoms with Crippen LogP contribution in [-0.4, -0.2) is 23.4 Å². The van der Waals surface area contributed by atoms with Gasteiger partial charge >= 0.3 is 0 Å². The molecule has 19 heavy (non-hydrogen) atoms. The first-order valence-corrected chi connectivity index (χ1v) is 6.61. The number of aryl methyl sites for hydroxylation is 1. The smallest absolute Gasteiger partial charge is 0.252 e. The van der Waals surface area contributed by atoms with Gasteiger partial charge in [0, 0.05) is 5.69 Å². The summed E-state index contributed by atoms with van der Waals surface area (Å²) in [4.78, 5) is 26.0. The fraction of sp³-hybridized carbons (Fsp3) is 0.467. The van der Waals surface area contributed by atoms with Gasteiger partial charge in [-0.05, 0) is 44.9 Å². The SMILES string of the molecule is CCc1ccc(N2C(=O)C(C)(C)NC(=O)C2C)cc1. The van der Waals surface area contributed by atoms with Crippen LogP contribution >= 0.6 is 0 Å². The second-order valence-corrected chi connectivity index (χ2v) is 5.49. The molecule has 1 aliphatic rings. The van der Waals surface area contributed by atoms with Crippen LogP contribution in [0.5, 0.6) is 0 Å². The first-order valence-electron chi connectivity index (χ1n) is 6.61. The van der Waals surface area contributed by atoms with Crippen molar-refractivity contribution < 1.29 is 9.59 Å². The number of nitrogens with zero attached hydrogens (tertiary/aromatic N) is 1. The molecule has 0 radical (unpaired) electrons. The average Bonchev–Trinajstić information content (AvgIpc) is 2.37. The number of nitrogens with one attached hydrogen (secondary N) is 1. The average molecular weight is 260 g/mol. The summed E-state index contributed by atoms with van der Waals surface area (Å²) in [5.41, 5.74) is 1.13. The summed E-state index contributed by atoms with van der Waals surface area (Å²) >= 11 is 0. The van der Waals surface area contributed by atoms with Gasteiger partial charge in [-0.1, -0.05) is 19.1 Å². The van der Waals surface area contributed by atoms with Crippen molar-refractivity contribution in [1.82, 2.24) is 5.32 Å². The Morgan fingerprint density at radius 3 is 2.32 bits per heavy atom. The molecule has 1 N–H and O–H groups in total. The molecule has 4 nitrogen and oxygen atoms in total. The van der Waals surface area contributed by atoms with E-state index in [2.05, 4.69) is 12.2 Å². The maximum atomic E-state index is 12.5. The van der Waals surface area contributed by atoms with Crippen LogP contribution < -0.4 is 10.2 Å². The molecule has 1 saturated heterocycles. The number of hydrogen-bond donors (Lipinski definition) is 1. The molecule has 0 bridgehead atoms. The summed E-state index contributed by atoms with van der Waals surface area (Å²) in [6.07, 6.45) is 0.954. The molecule has 4 heteroatoms. The molecule has 1 heterocycles. The van der Waals surface area contributed by atoms with E-state index in [1.54, 1.807) is 25.7 Å². The predicted octanol–water partition coefficient (Wildman–Crippen LogP) is 1.88. The van der Waals surface area contributed by atoms with Gasteiger partial charge in [-0.15, -0.1) is 0 Å². The highest BCUT2D eigenvalue weighted by Gasteiger charge is 2.43. The van der Waals surface area contributed by atoms with Gasteiger partial charge in [0.2, 0.25) is 5.91 Å². The second kappa shape index (κ2) is 4.68. The van der Waals surface area contributed by atoms with E-state index < -0.39 is 11.6 Å². The van der Waals surface area contributed by atoms with Gasteiger partial charge in [-0.25, -0.2) is 0 Å². The van der Waals surface area contributed by atoms with Crippen LogP contribution in [0.3, 0.4) is 0 Å². The lowest BCUT2D eigenvalue weighted by Gasteiger charge is -2.41. The summed E-state index contributed by atoms with van der Waals surface area (Å²) < 4.78 is 0. The van der Waals surface area contributed by atoms with E-state index in [1.807, 2.05) is 24.3 Å². The third-order valence-electron chi connectivity index (χ3n) is 3.58. The molecule has 1 fully saturated rings. The molecule has 102 valence electrons. The van der Waals surface area contributed by atoms with Crippen molar-refractivity contribution in [2.24, 2.45) is 0 Å². The van der Waals surface area contributed by atoms with E-state index in [1.165, 1.54) is 5.56 Å². The zero-order valence-electron chi connectivity index (χ0n) is 11.9. The summed E-state index contributed by atoms with van der Waals surface area (Å²) in [6.45, 7) is 7.29. The Balaban J connectivity index is 2.39. The topological polar surface area (TPSA) is 49.4 Å². The van der Waals surface area contributed by atoms with E-state index in [0.29, 0.717) is 0 Å². The van der Waals surface area contributed by atoms with Crippen molar-refractivity contribution in [1.29, 1.82) is 0 Å². The third kappa shape index (κ3) is 2.35. The number of carbonyl (C=O) groups excluding carboxylic acids is 2. The Morgan fingerprint density at radius 1 is 1.21 bits per heavy atom. The Morgan fingerprint density at radius 2 is 1.79 bits per heavy atom. The quantitative estimate of drug-likeness (QED) is 0.882. The molecule has 1 unspecified atom stereocenters. The van der Waals surface area contributed by atoms with Crippen LogP contribution in [0.15, 0.2) is 24.3 Å². The number of amides is 2. The van der Waals surface area contributed by atoms with Gasteiger partial charge in [0.25, 0.3) is 5.91 Å². The number of benzene rings is 1. The van der Waals surface area contributed by atoms with E-state index in [9.17, 15) is 9.59 Å². The van der Waals surface area contributed by atoms with E-state index >= 15 is 0 Å². The van der Waals surface area contributed by atoms with Gasteiger partial charge in [0.05, 0.1) is 0 Å². The van der Waals surface area contributed by atoms with Gasteiger partial charge in [0.1, 0.15) is 11.6 Å². The lowest BCUT2D eigenvalue weighted by Crippen LogP contribution is -2.67. The Bertz CT molecular complexity index is 505. The fourth-order valence-electron chi connectivity index (χ4n) is 2.29. The van der Waals surface area contributed by atoms with Crippen molar-refractivity contribution >= 4 is 17.5 Å². The first-order chi connectivity index (χ1) is 8.86. The highest BCUT2D eigenvalue weighted by atomic mass is 16.2. The molecule has 0 aromatic heterocycles. The highest BCUT2D eigenvalue weighted by molar-refractivity contribution is 6.10. The summed E-state index contributed by atoms with van der Waals surface area (Å²) in [7, 11) is 0. The zero-order valence-corrected chi connectivity index (χ0v) is 11.9. The Labute approximate surface area is 113 Å². The number of carbonyl (C=O) groups is 2. The molecule has 0 saturated carbocycles. The van der Waals surface area contributed by atoms with E-state index in [0.717, 1.165) is 12.1 Å². The monoisotopic (exact) mass is 260 g/mol. The standard InChI is InChI=1S/C15H20N2O2/c1-5-11-6-8-12(9-7-11)17-10(2)13(18)16-15(3,4)14(17)19/h6-10H,5H2,1-4H3,(H,16,18). The third-order valence-corrected chi connectivity index (χ3v) is 3.58. The number of piperazine rings is 1. The van der Waals surface area contributed by atoms with E-state index in [-0.39, 0.29) is 11.8 Å². The molecule has 0 spiro atoms. The first kappa shape index (κ1) is 13.6. The van der Waals surface area contributed by atoms with Gasteiger partial charge in [0.15, 0.2) is 0 Å². The van der Waals surface area contributed by atoms with Crippen molar-refractivity contribution in [2.45, 2.75) is 45.7 Å². The molecular formula is C15H20N2O2. The maximum absolute atomic E-state index is 12.5. The fourth-order valence-corrected chi connectivity index (χ4v) is 2.29. The number of anilines is 1. The van der Waals surface area contributed by atoms with Gasteiger partial charge < -0.3 is 5.32 Å². The Hall–Kier alpha value is -1.84. The Kier molecular flexibility index (Phi) is 3.35. The molecule has 0 aliphatic carbocycles. The predicted molar refractivity (Wildman–Crippen MR) is 75.0 cm³/mol. The van der Waals surface area contributed by atoms with Crippen LogP contribution in [0.1, 0.15) is 33.3 Å². The van der Waals surface area contributed by atoms with Crippen LogP contribution in [0.2, 0.25) is 0 Å². The second-order valence-electron chi connectivity index (χ2n) is 5.49. The number of rotatable bonds is 2. The molecule has 1 aliphatic heterocycles. The summed E-state index contributed by atoms with van der Waals surface area (Å²) in [5, 5.41) is 2.75. The van der Waals surface area contributed by atoms with Crippen LogP contribution in [0, 0.1) is 0 Å². The van der Waals surface area contributed by atoms with Crippen molar-refractivity contribution in [2.75, 3.05) is 4.90 Å². The van der Waals surface area contributed by atoms with Gasteiger partial charge in [-0.3, -0.25) is 14.5 Å². The highest BCUT2D eigenvalue weighted by Crippen LogP contribution is 2.25. The lowest BCUT2D eigenvalue weighted by atomic mass is 9.96. The zero-order chi connectivity index (χ0) is 14.2. The summed E-state index contributed by atoms with van der Waals surface area (Å²) in [6, 6.07) is 7.32. The van der Waals surface area contributed by atoms with Crippen molar-refractivity contribution in [3.63, 3.8) is 0 Å². The minimum Gasteiger partial charge on any atom is -0.340 e. The lowest BCUT2D eigenvalue weighted by molar-refractivity contribution is -0.136. The minimum atomic E-state index is -0.854. The maximum Gasteiger partial charge on any atom is 0.252 e. The molecular weight excluding hydrogens is 240 g/mol. The van der Waals surface area contributed by atoms with Crippen LogP contribution in [0.4, 0.5) is 5.69 Å². The molecule has 1 aromatic rings. The van der Waals surface area contributed by atoms with Crippen molar-refractivity contribution in [3.8, 4) is 0 Å². The molecule has 1 atom stereocenters. The van der Waals surface area contributed by atoms with Crippen LogP contribution in [-0.2, 0) is 16.0 Å². The molecule has 2 amide bonds. The van der Waals surface area contributed by atoms with Crippen LogP contribution in [0.25, 0.3) is 0 Å². The molecule has 1 aromatic carbocycles. The van der Waals surface area contributed by atoms with Gasteiger partial charge in [-0.2, -0.15) is 0 Å². The number of hydrogen-bond acceptors (Lipinski definition) is 2.